The molecule has 1 aromatic heterocycles. The van der Waals surface area contributed by atoms with E-state index >= 15 is 0 Å². The van der Waals surface area contributed by atoms with Crippen LogP contribution in [0, 0.1) is 11.6 Å². The second kappa shape index (κ2) is 5.22. The summed E-state index contributed by atoms with van der Waals surface area (Å²) < 4.78 is 52.2. The lowest BCUT2D eigenvalue weighted by molar-refractivity contribution is 0.476. The Morgan fingerprint density at radius 3 is 2.65 bits per heavy atom. The van der Waals surface area contributed by atoms with Crippen LogP contribution in [-0.4, -0.2) is 18.5 Å². The van der Waals surface area contributed by atoms with Gasteiger partial charge in [0.15, 0.2) is 11.6 Å². The number of nitrogens with zero attached hydrogens (tertiary/aromatic N) is 1. The van der Waals surface area contributed by atoms with E-state index in [-0.39, 0.29) is 5.02 Å². The summed E-state index contributed by atoms with van der Waals surface area (Å²) in [6.07, 6.45) is 1.08. The number of aromatic hydroxyl groups is 1. The van der Waals surface area contributed by atoms with Crippen molar-refractivity contribution in [1.29, 1.82) is 0 Å². The molecule has 5 nitrogen and oxygen atoms in total. The van der Waals surface area contributed by atoms with Crippen LogP contribution in [0.5, 0.6) is 5.75 Å². The number of phenolic OH excluding ortho intramolecular Hbond substituents is 1. The molecule has 0 unspecified atom stereocenters. The second-order valence-corrected chi connectivity index (χ2v) is 5.68. The average Bonchev–Trinajstić information content (AvgIpc) is 2.35. The standard InChI is InChI=1S/C11H7ClF2N2O3S/c12-7-4-6(13)5-9(10(7)17)16-20(18,19)11-8(14)2-1-3-15-11/h1-5,16-17H. The number of rotatable bonds is 3. The number of benzene rings is 1. The molecule has 0 saturated heterocycles. The molecule has 0 aliphatic carbocycles. The third-order valence-electron chi connectivity index (χ3n) is 2.25. The Labute approximate surface area is 117 Å². The van der Waals surface area contributed by atoms with Crippen LogP contribution >= 0.6 is 11.6 Å². The van der Waals surface area contributed by atoms with E-state index in [9.17, 15) is 22.3 Å². The van der Waals surface area contributed by atoms with Crippen molar-refractivity contribution < 1.29 is 22.3 Å². The first-order chi connectivity index (χ1) is 9.31. The van der Waals surface area contributed by atoms with E-state index in [1.165, 1.54) is 6.07 Å². The first-order valence-electron chi connectivity index (χ1n) is 5.12. The van der Waals surface area contributed by atoms with E-state index in [0.717, 1.165) is 18.3 Å². The Bertz CT molecular complexity index is 768. The fourth-order valence-corrected chi connectivity index (χ4v) is 2.68. The fourth-order valence-electron chi connectivity index (χ4n) is 1.41. The molecule has 20 heavy (non-hydrogen) atoms. The summed E-state index contributed by atoms with van der Waals surface area (Å²) in [4.78, 5) is 3.39. The zero-order chi connectivity index (χ0) is 14.9. The highest BCUT2D eigenvalue weighted by Crippen LogP contribution is 2.34. The number of nitrogens with one attached hydrogen (secondary N) is 1. The second-order valence-electron chi connectivity index (χ2n) is 3.68. The van der Waals surface area contributed by atoms with Gasteiger partial charge in [-0.2, -0.15) is 8.42 Å². The van der Waals surface area contributed by atoms with Gasteiger partial charge in [-0.15, -0.1) is 0 Å². The van der Waals surface area contributed by atoms with Gasteiger partial charge in [0.2, 0.25) is 5.03 Å². The summed E-state index contributed by atoms with van der Waals surface area (Å²) in [5, 5.41) is 8.30. The van der Waals surface area contributed by atoms with E-state index in [1.54, 1.807) is 0 Å². The van der Waals surface area contributed by atoms with Crippen LogP contribution in [0.4, 0.5) is 14.5 Å². The van der Waals surface area contributed by atoms with Gasteiger partial charge in [0.1, 0.15) is 5.82 Å². The Balaban J connectivity index is 2.47. The van der Waals surface area contributed by atoms with E-state index in [4.69, 9.17) is 11.6 Å². The maximum absolute atomic E-state index is 13.4. The number of phenols is 1. The molecule has 2 N–H and O–H groups in total. The highest BCUT2D eigenvalue weighted by molar-refractivity contribution is 7.92. The normalized spacial score (nSPS) is 11.3. The zero-order valence-electron chi connectivity index (χ0n) is 9.64. The lowest BCUT2D eigenvalue weighted by atomic mass is 10.3. The van der Waals surface area contributed by atoms with E-state index in [2.05, 4.69) is 4.98 Å². The van der Waals surface area contributed by atoms with Gasteiger partial charge in [-0.3, -0.25) is 4.72 Å². The topological polar surface area (TPSA) is 79.3 Å². The van der Waals surface area contributed by atoms with Gasteiger partial charge in [0.25, 0.3) is 10.0 Å². The molecule has 2 rings (SSSR count). The quantitative estimate of drug-likeness (QED) is 0.852. The summed E-state index contributed by atoms with van der Waals surface area (Å²) in [6.45, 7) is 0. The minimum absolute atomic E-state index is 0.385. The number of hydrogen-bond donors (Lipinski definition) is 2. The molecule has 106 valence electrons. The molecular weight excluding hydrogens is 314 g/mol. The van der Waals surface area contributed by atoms with Crippen LogP contribution < -0.4 is 4.72 Å². The molecule has 0 aliphatic rings. The van der Waals surface area contributed by atoms with Crippen molar-refractivity contribution in [2.24, 2.45) is 0 Å². The maximum Gasteiger partial charge on any atom is 0.282 e. The minimum atomic E-state index is -4.42. The summed E-state index contributed by atoms with van der Waals surface area (Å²) in [6, 6.07) is 3.63. The van der Waals surface area contributed by atoms with Crippen molar-refractivity contribution in [3.8, 4) is 5.75 Å². The molecule has 0 atom stereocenters. The Morgan fingerprint density at radius 1 is 1.30 bits per heavy atom. The number of sulfonamides is 1. The van der Waals surface area contributed by atoms with Crippen LogP contribution in [0.3, 0.4) is 0 Å². The Morgan fingerprint density at radius 2 is 2.00 bits per heavy atom. The average molecular weight is 321 g/mol. The minimum Gasteiger partial charge on any atom is -0.504 e. The lowest BCUT2D eigenvalue weighted by Crippen LogP contribution is -2.16. The molecule has 0 bridgehead atoms. The first kappa shape index (κ1) is 14.5. The molecule has 9 heteroatoms. The zero-order valence-corrected chi connectivity index (χ0v) is 11.2. The largest absolute Gasteiger partial charge is 0.504 e. The van der Waals surface area contributed by atoms with Crippen LogP contribution in [0.25, 0.3) is 0 Å². The SMILES string of the molecule is O=S(=O)(Nc1cc(F)cc(Cl)c1O)c1ncccc1F. The van der Waals surface area contributed by atoms with Gasteiger partial charge >= 0.3 is 0 Å². The van der Waals surface area contributed by atoms with Gasteiger partial charge in [-0.25, -0.2) is 13.8 Å². The molecule has 0 aliphatic heterocycles. The van der Waals surface area contributed by atoms with Gasteiger partial charge in [-0.05, 0) is 18.2 Å². The number of aromatic nitrogens is 1. The number of pyridine rings is 1. The van der Waals surface area contributed by atoms with Gasteiger partial charge in [0.05, 0.1) is 10.7 Å². The third kappa shape index (κ3) is 2.81. The number of halogens is 3. The summed E-state index contributed by atoms with van der Waals surface area (Å²) in [7, 11) is -4.42. The highest BCUT2D eigenvalue weighted by Gasteiger charge is 2.22. The van der Waals surface area contributed by atoms with E-state index < -0.39 is 38.1 Å². The first-order valence-corrected chi connectivity index (χ1v) is 6.99. The number of anilines is 1. The predicted molar refractivity (Wildman–Crippen MR) is 68.1 cm³/mol. The summed E-state index contributed by atoms with van der Waals surface area (Å²) >= 11 is 5.51. The van der Waals surface area contributed by atoms with Crippen molar-refractivity contribution >= 4 is 27.3 Å². The van der Waals surface area contributed by atoms with Crippen molar-refractivity contribution in [3.63, 3.8) is 0 Å². The van der Waals surface area contributed by atoms with Crippen LogP contribution in [0.15, 0.2) is 35.5 Å². The lowest BCUT2D eigenvalue weighted by Gasteiger charge is -2.10. The van der Waals surface area contributed by atoms with Gasteiger partial charge in [-0.1, -0.05) is 11.6 Å². The van der Waals surface area contributed by atoms with Crippen molar-refractivity contribution in [2.75, 3.05) is 4.72 Å². The molecular formula is C11H7ClF2N2O3S. The molecule has 1 heterocycles. The third-order valence-corrected chi connectivity index (χ3v) is 3.84. The van der Waals surface area contributed by atoms with Crippen molar-refractivity contribution in [3.05, 3.63) is 47.1 Å². The molecule has 0 saturated carbocycles. The van der Waals surface area contributed by atoms with Crippen LogP contribution in [-0.2, 0) is 10.0 Å². The van der Waals surface area contributed by atoms with Gasteiger partial charge in [0, 0.05) is 12.3 Å². The van der Waals surface area contributed by atoms with E-state index in [0.29, 0.717) is 6.07 Å². The highest BCUT2D eigenvalue weighted by atomic mass is 35.5. The van der Waals surface area contributed by atoms with Gasteiger partial charge < -0.3 is 5.11 Å². The smallest absolute Gasteiger partial charge is 0.282 e. The van der Waals surface area contributed by atoms with Crippen molar-refractivity contribution in [2.45, 2.75) is 5.03 Å². The predicted octanol–water partition coefficient (Wildman–Crippen LogP) is 2.52. The summed E-state index contributed by atoms with van der Waals surface area (Å²) in [5.74, 6) is -2.62. The van der Waals surface area contributed by atoms with E-state index in [1.807, 2.05) is 4.72 Å². The maximum atomic E-state index is 13.4. The molecule has 0 fully saturated rings. The molecule has 0 spiro atoms. The van der Waals surface area contributed by atoms with Crippen LogP contribution in [0.2, 0.25) is 5.02 Å². The Hall–Kier alpha value is -1.93. The molecule has 0 radical (unpaired) electrons. The molecule has 1 aromatic carbocycles. The Kier molecular flexibility index (Phi) is 3.78. The number of hydrogen-bond acceptors (Lipinski definition) is 4. The van der Waals surface area contributed by atoms with Crippen molar-refractivity contribution in [1.82, 2.24) is 4.98 Å². The summed E-state index contributed by atoms with van der Waals surface area (Å²) in [5.41, 5.74) is -0.514. The monoisotopic (exact) mass is 320 g/mol. The van der Waals surface area contributed by atoms with Crippen LogP contribution in [0.1, 0.15) is 0 Å². The molecule has 2 aromatic rings. The fraction of sp³-hybridized carbons (Fsp3) is 0. The molecule has 0 amide bonds.